The number of methoxy groups -OCH3 is 3. The first-order valence-corrected chi connectivity index (χ1v) is 8.47. The van der Waals surface area contributed by atoms with Gasteiger partial charge in [0.05, 0.1) is 21.3 Å². The summed E-state index contributed by atoms with van der Waals surface area (Å²) >= 11 is 0. The van der Waals surface area contributed by atoms with Crippen LogP contribution in [0, 0.1) is 0 Å². The minimum absolute atomic E-state index is 0.243. The summed E-state index contributed by atoms with van der Waals surface area (Å²) in [6.45, 7) is 0. The molecule has 0 saturated carbocycles. The average molecular weight is 380 g/mol. The largest absolute Gasteiger partial charge is 0.493 e. The smallest absolute Gasteiger partial charge is 0.270 e. The minimum Gasteiger partial charge on any atom is -0.493 e. The summed E-state index contributed by atoms with van der Waals surface area (Å²) in [5, 5.41) is 1.73. The Morgan fingerprint density at radius 1 is 0.750 bits per heavy atom. The van der Waals surface area contributed by atoms with Crippen molar-refractivity contribution in [2.45, 2.75) is 0 Å². The lowest BCUT2D eigenvalue weighted by molar-refractivity contribution is 0.0847. The zero-order valence-electron chi connectivity index (χ0n) is 15.7. The molecule has 3 aromatic rings. The molecule has 0 saturated heterocycles. The summed E-state index contributed by atoms with van der Waals surface area (Å²) < 4.78 is 15.7. The van der Waals surface area contributed by atoms with Gasteiger partial charge in [0.15, 0.2) is 11.5 Å². The fourth-order valence-corrected chi connectivity index (χ4v) is 2.89. The minimum atomic E-state index is -0.521. The van der Waals surface area contributed by atoms with Crippen molar-refractivity contribution < 1.29 is 23.8 Å². The van der Waals surface area contributed by atoms with Crippen LogP contribution in [0.5, 0.6) is 17.2 Å². The quantitative estimate of drug-likeness (QED) is 0.665. The Labute approximate surface area is 162 Å². The molecule has 0 aliphatic rings. The van der Waals surface area contributed by atoms with Crippen LogP contribution in [-0.4, -0.2) is 33.1 Å². The van der Waals surface area contributed by atoms with Crippen LogP contribution in [0.1, 0.15) is 20.7 Å². The zero-order valence-corrected chi connectivity index (χ0v) is 15.7. The van der Waals surface area contributed by atoms with Gasteiger partial charge in [-0.05, 0) is 29.0 Å². The van der Waals surface area contributed by atoms with E-state index in [1.807, 2.05) is 30.3 Å². The Kier molecular flexibility index (Phi) is 5.64. The van der Waals surface area contributed by atoms with Crippen molar-refractivity contribution in [3.8, 4) is 17.2 Å². The third-order valence-electron chi connectivity index (χ3n) is 4.25. The highest BCUT2D eigenvalue weighted by molar-refractivity contribution is 6.08. The lowest BCUT2D eigenvalue weighted by Gasteiger charge is -2.14. The van der Waals surface area contributed by atoms with Gasteiger partial charge in [-0.15, -0.1) is 0 Å². The second-order valence-electron chi connectivity index (χ2n) is 5.85. The molecular formula is C21H20N2O5. The molecule has 0 unspecified atom stereocenters. The molecule has 0 atom stereocenters. The zero-order chi connectivity index (χ0) is 20.1. The Balaban J connectivity index is 1.79. The van der Waals surface area contributed by atoms with Crippen molar-refractivity contribution in [2.75, 3.05) is 21.3 Å². The van der Waals surface area contributed by atoms with E-state index in [0.717, 1.165) is 10.8 Å². The van der Waals surface area contributed by atoms with Gasteiger partial charge in [0.2, 0.25) is 5.75 Å². The molecule has 7 nitrogen and oxygen atoms in total. The van der Waals surface area contributed by atoms with Crippen molar-refractivity contribution in [2.24, 2.45) is 0 Å². The maximum atomic E-state index is 12.5. The van der Waals surface area contributed by atoms with E-state index in [9.17, 15) is 9.59 Å². The number of nitrogens with one attached hydrogen (secondary N) is 2. The molecule has 2 N–H and O–H groups in total. The molecule has 7 heteroatoms. The fraction of sp³-hybridized carbons (Fsp3) is 0.143. The van der Waals surface area contributed by atoms with Crippen LogP contribution in [0.25, 0.3) is 10.8 Å². The van der Waals surface area contributed by atoms with Crippen molar-refractivity contribution in [3.05, 3.63) is 65.7 Å². The Morgan fingerprint density at radius 3 is 2.00 bits per heavy atom. The van der Waals surface area contributed by atoms with E-state index in [2.05, 4.69) is 10.9 Å². The third kappa shape index (κ3) is 3.68. The molecule has 0 bridgehead atoms. The van der Waals surface area contributed by atoms with E-state index in [4.69, 9.17) is 14.2 Å². The Bertz CT molecular complexity index is 1000. The van der Waals surface area contributed by atoms with Gasteiger partial charge >= 0.3 is 0 Å². The van der Waals surface area contributed by atoms with Crippen molar-refractivity contribution in [1.29, 1.82) is 0 Å². The van der Waals surface area contributed by atoms with Gasteiger partial charge in [-0.1, -0.05) is 36.4 Å². The van der Waals surface area contributed by atoms with Crippen molar-refractivity contribution in [1.82, 2.24) is 10.9 Å². The van der Waals surface area contributed by atoms with Crippen LogP contribution < -0.4 is 25.1 Å². The molecule has 0 radical (unpaired) electrons. The van der Waals surface area contributed by atoms with Gasteiger partial charge in [-0.3, -0.25) is 20.4 Å². The van der Waals surface area contributed by atoms with Crippen LogP contribution in [0.3, 0.4) is 0 Å². The average Bonchev–Trinajstić information content (AvgIpc) is 2.75. The molecular weight excluding hydrogens is 360 g/mol. The highest BCUT2D eigenvalue weighted by Gasteiger charge is 2.18. The normalized spacial score (nSPS) is 10.2. The number of carbonyl (C=O) groups is 2. The summed E-state index contributed by atoms with van der Waals surface area (Å²) in [4.78, 5) is 25.0. The maximum absolute atomic E-state index is 12.5. The van der Waals surface area contributed by atoms with Crippen LogP contribution in [0.4, 0.5) is 0 Å². The lowest BCUT2D eigenvalue weighted by atomic mass is 10.0. The number of hydrogen-bond acceptors (Lipinski definition) is 5. The predicted molar refractivity (Wildman–Crippen MR) is 105 cm³/mol. The number of benzene rings is 3. The first kappa shape index (κ1) is 19.0. The predicted octanol–water partition coefficient (Wildman–Crippen LogP) is 2.94. The maximum Gasteiger partial charge on any atom is 0.270 e. The van der Waals surface area contributed by atoms with Gasteiger partial charge in [-0.25, -0.2) is 0 Å². The summed E-state index contributed by atoms with van der Waals surface area (Å²) in [5.74, 6) is 0.117. The van der Waals surface area contributed by atoms with E-state index < -0.39 is 11.8 Å². The summed E-state index contributed by atoms with van der Waals surface area (Å²) in [6, 6.07) is 15.9. The molecule has 3 rings (SSSR count). The second kappa shape index (κ2) is 8.30. The number of carbonyl (C=O) groups excluding carboxylic acids is 2. The number of hydrogen-bond donors (Lipinski definition) is 2. The summed E-state index contributed by atoms with van der Waals surface area (Å²) in [5.41, 5.74) is 5.56. The van der Waals surface area contributed by atoms with Gasteiger partial charge in [0.25, 0.3) is 11.8 Å². The van der Waals surface area contributed by atoms with Crippen LogP contribution in [0.15, 0.2) is 54.6 Å². The van der Waals surface area contributed by atoms with Crippen molar-refractivity contribution >= 4 is 22.6 Å². The standard InChI is InChI=1S/C21H20N2O5/c1-26-17-11-14(12-18(27-2)19(17)28-3)20(24)22-23-21(25)16-10-6-8-13-7-4-5-9-15(13)16/h4-12H,1-3H3,(H,22,24)(H,23,25). The van der Waals surface area contributed by atoms with Crippen molar-refractivity contribution in [3.63, 3.8) is 0 Å². The van der Waals surface area contributed by atoms with E-state index >= 15 is 0 Å². The summed E-state index contributed by atoms with van der Waals surface area (Å²) in [7, 11) is 4.40. The number of fused-ring (bicyclic) bond motifs is 1. The SMILES string of the molecule is COc1cc(C(=O)NNC(=O)c2cccc3ccccc23)cc(OC)c1OC. The molecule has 2 amide bonds. The van der Waals surface area contributed by atoms with E-state index in [-0.39, 0.29) is 5.56 Å². The van der Waals surface area contributed by atoms with E-state index in [1.165, 1.54) is 33.5 Å². The Morgan fingerprint density at radius 2 is 1.36 bits per heavy atom. The first-order chi connectivity index (χ1) is 13.6. The highest BCUT2D eigenvalue weighted by atomic mass is 16.5. The van der Waals surface area contributed by atoms with Crippen LogP contribution in [-0.2, 0) is 0 Å². The number of amides is 2. The molecule has 0 fully saturated rings. The molecule has 3 aromatic carbocycles. The number of ether oxygens (including phenoxy) is 3. The number of rotatable bonds is 5. The van der Waals surface area contributed by atoms with Gasteiger partial charge in [-0.2, -0.15) is 0 Å². The Hall–Kier alpha value is -3.74. The molecule has 0 heterocycles. The molecule has 0 aliphatic heterocycles. The molecule has 0 aromatic heterocycles. The lowest BCUT2D eigenvalue weighted by Crippen LogP contribution is -2.41. The van der Waals surface area contributed by atoms with E-state index in [0.29, 0.717) is 22.8 Å². The molecule has 0 aliphatic carbocycles. The first-order valence-electron chi connectivity index (χ1n) is 8.47. The third-order valence-corrected chi connectivity index (χ3v) is 4.25. The van der Waals surface area contributed by atoms with Gasteiger partial charge in [0.1, 0.15) is 0 Å². The monoisotopic (exact) mass is 380 g/mol. The van der Waals surface area contributed by atoms with Crippen LogP contribution in [0.2, 0.25) is 0 Å². The topological polar surface area (TPSA) is 85.9 Å². The fourth-order valence-electron chi connectivity index (χ4n) is 2.89. The highest BCUT2D eigenvalue weighted by Crippen LogP contribution is 2.38. The molecule has 144 valence electrons. The van der Waals surface area contributed by atoms with E-state index in [1.54, 1.807) is 12.1 Å². The second-order valence-corrected chi connectivity index (χ2v) is 5.85. The van der Waals surface area contributed by atoms with Gasteiger partial charge < -0.3 is 14.2 Å². The number of hydrazine groups is 1. The summed E-state index contributed by atoms with van der Waals surface area (Å²) in [6.07, 6.45) is 0. The van der Waals surface area contributed by atoms with Gasteiger partial charge in [0, 0.05) is 11.1 Å². The van der Waals surface area contributed by atoms with Crippen LogP contribution >= 0.6 is 0 Å². The molecule has 0 spiro atoms. The molecule has 28 heavy (non-hydrogen) atoms.